The highest BCUT2D eigenvalue weighted by molar-refractivity contribution is 5.99. The van der Waals surface area contributed by atoms with Crippen LogP contribution in [0.5, 0.6) is 0 Å². The number of ether oxygens (including phenoxy) is 1. The maximum atomic E-state index is 14.2. The summed E-state index contributed by atoms with van der Waals surface area (Å²) in [6, 6.07) is 9.07. The molecule has 8 heteroatoms. The van der Waals surface area contributed by atoms with Crippen LogP contribution in [0.4, 0.5) is 0 Å². The van der Waals surface area contributed by atoms with E-state index in [1.807, 2.05) is 59.5 Å². The summed E-state index contributed by atoms with van der Waals surface area (Å²) in [5.41, 5.74) is -0.158. The largest absolute Gasteiger partial charge is 0.396 e. The monoisotopic (exact) mass is 535 g/mol. The summed E-state index contributed by atoms with van der Waals surface area (Å²) in [4.78, 5) is 47.9. The second-order valence-corrected chi connectivity index (χ2v) is 11.3. The number of rotatable bonds is 10. The Morgan fingerprint density at radius 2 is 1.82 bits per heavy atom. The number of likely N-dealkylation sites (tertiary alicyclic amines) is 1. The van der Waals surface area contributed by atoms with Gasteiger partial charge in [-0.1, -0.05) is 68.0 Å². The van der Waals surface area contributed by atoms with Gasteiger partial charge in [0.1, 0.15) is 11.6 Å². The van der Waals surface area contributed by atoms with Gasteiger partial charge in [-0.25, -0.2) is 0 Å². The molecule has 0 aliphatic carbocycles. The van der Waals surface area contributed by atoms with Crippen molar-refractivity contribution in [2.24, 2.45) is 11.8 Å². The van der Waals surface area contributed by atoms with Crippen molar-refractivity contribution in [2.45, 2.75) is 76.3 Å². The van der Waals surface area contributed by atoms with Crippen molar-refractivity contribution in [3.63, 3.8) is 0 Å². The van der Waals surface area contributed by atoms with Gasteiger partial charge >= 0.3 is 0 Å². The summed E-state index contributed by atoms with van der Waals surface area (Å²) in [7, 11) is 0. The van der Waals surface area contributed by atoms with Gasteiger partial charge < -0.3 is 24.5 Å². The van der Waals surface area contributed by atoms with Gasteiger partial charge in [0, 0.05) is 38.8 Å². The zero-order chi connectivity index (χ0) is 27.6. The molecule has 8 nitrogen and oxygen atoms in total. The zero-order valence-corrected chi connectivity index (χ0v) is 23.1. The predicted octanol–water partition coefficient (Wildman–Crippen LogP) is 2.92. The van der Waals surface area contributed by atoms with Crippen LogP contribution in [0.15, 0.2) is 54.6 Å². The van der Waals surface area contributed by atoms with E-state index in [4.69, 9.17) is 4.74 Å². The fraction of sp³-hybridized carbons (Fsp3) is 0.581. The van der Waals surface area contributed by atoms with Gasteiger partial charge in [-0.3, -0.25) is 14.4 Å². The van der Waals surface area contributed by atoms with Gasteiger partial charge in [-0.05, 0) is 38.2 Å². The Labute approximate surface area is 231 Å². The molecule has 6 atom stereocenters. The molecule has 39 heavy (non-hydrogen) atoms. The van der Waals surface area contributed by atoms with Gasteiger partial charge in [0.25, 0.3) is 0 Å². The molecule has 3 amide bonds. The molecule has 2 unspecified atom stereocenters. The lowest BCUT2D eigenvalue weighted by Gasteiger charge is -2.37. The molecule has 0 saturated carbocycles. The normalized spacial score (nSPS) is 30.7. The van der Waals surface area contributed by atoms with Crippen molar-refractivity contribution in [1.82, 2.24) is 14.7 Å². The standard InChI is InChI=1S/C31H41N3O5/c1-3-12-22(2)33-19-11-16-31-26(29(37)34(27(31)30(33)38)18-8-5-9-20-35)25-24(39-31)15-10-17-32(28(25)36)21-23-13-6-4-7-14-23/h4,6-7,10-11,13-16,22,24-27,35H,3,5,8-9,12,17-21H2,1-2H3/t22?,24-,25+,26+,27?,31+/m1/s1. The first-order valence-electron chi connectivity index (χ1n) is 14.5. The number of aliphatic hydroxyl groups excluding tert-OH is 1. The van der Waals surface area contributed by atoms with Crippen LogP contribution in [0.3, 0.4) is 0 Å². The molecular formula is C31H41N3O5. The number of benzene rings is 1. The number of fused-ring (bicyclic) bond motifs is 2. The average molecular weight is 536 g/mol. The maximum Gasteiger partial charge on any atom is 0.249 e. The van der Waals surface area contributed by atoms with Crippen molar-refractivity contribution in [3.8, 4) is 0 Å². The van der Waals surface area contributed by atoms with E-state index >= 15 is 0 Å². The SMILES string of the molecule is CCCC(C)N1CC=C[C@]23O[C@@H]4C=CCN(Cc5ccccc5)C(=O)[C@@H]4[C@H]2C(=O)N(CCCCCO)C3C1=O. The molecule has 210 valence electrons. The minimum atomic E-state index is -1.18. The van der Waals surface area contributed by atoms with Crippen LogP contribution in [-0.4, -0.2) is 87.6 Å². The van der Waals surface area contributed by atoms with Crippen LogP contribution in [-0.2, 0) is 25.7 Å². The highest BCUT2D eigenvalue weighted by atomic mass is 16.5. The van der Waals surface area contributed by atoms with E-state index in [9.17, 15) is 19.5 Å². The zero-order valence-electron chi connectivity index (χ0n) is 23.1. The Hall–Kier alpha value is -2.97. The molecule has 2 saturated heterocycles. The Kier molecular flexibility index (Phi) is 8.24. The first-order valence-corrected chi connectivity index (χ1v) is 14.5. The van der Waals surface area contributed by atoms with Crippen LogP contribution in [0.25, 0.3) is 0 Å². The predicted molar refractivity (Wildman–Crippen MR) is 147 cm³/mol. The number of amides is 3. The third kappa shape index (κ3) is 4.93. The lowest BCUT2D eigenvalue weighted by atomic mass is 9.77. The topological polar surface area (TPSA) is 90.4 Å². The Morgan fingerprint density at radius 1 is 1.03 bits per heavy atom. The summed E-state index contributed by atoms with van der Waals surface area (Å²) in [6.07, 6.45) is 11.1. The average Bonchev–Trinajstić information content (AvgIpc) is 3.24. The molecule has 0 aromatic heterocycles. The third-order valence-electron chi connectivity index (χ3n) is 8.79. The first-order chi connectivity index (χ1) is 18.9. The quantitative estimate of drug-likeness (QED) is 0.368. The van der Waals surface area contributed by atoms with Crippen LogP contribution >= 0.6 is 0 Å². The van der Waals surface area contributed by atoms with Crippen molar-refractivity contribution < 1.29 is 24.2 Å². The minimum absolute atomic E-state index is 0.0301. The van der Waals surface area contributed by atoms with E-state index in [2.05, 4.69) is 13.8 Å². The smallest absolute Gasteiger partial charge is 0.249 e. The number of hydrogen-bond donors (Lipinski definition) is 1. The molecule has 2 fully saturated rings. The van der Waals surface area contributed by atoms with E-state index in [-0.39, 0.29) is 30.4 Å². The van der Waals surface area contributed by atoms with E-state index in [0.717, 1.165) is 24.8 Å². The van der Waals surface area contributed by atoms with Gasteiger partial charge in [0.2, 0.25) is 17.7 Å². The fourth-order valence-electron chi connectivity index (χ4n) is 6.93. The van der Waals surface area contributed by atoms with Gasteiger partial charge in [0.15, 0.2) is 0 Å². The molecular weight excluding hydrogens is 494 g/mol. The van der Waals surface area contributed by atoms with Gasteiger partial charge in [0.05, 0.1) is 17.9 Å². The molecule has 5 rings (SSSR count). The number of carbonyl (C=O) groups is 3. The molecule has 1 N–H and O–H groups in total. The van der Waals surface area contributed by atoms with Crippen molar-refractivity contribution >= 4 is 17.7 Å². The molecule has 1 aromatic rings. The van der Waals surface area contributed by atoms with Crippen molar-refractivity contribution in [3.05, 3.63) is 60.2 Å². The van der Waals surface area contributed by atoms with E-state index in [1.165, 1.54) is 0 Å². The van der Waals surface area contributed by atoms with E-state index in [1.54, 1.807) is 9.80 Å². The molecule has 4 aliphatic heterocycles. The fourth-order valence-corrected chi connectivity index (χ4v) is 6.93. The Balaban J connectivity index is 1.50. The maximum absolute atomic E-state index is 14.2. The van der Waals surface area contributed by atoms with Crippen LogP contribution in [0.1, 0.15) is 51.5 Å². The van der Waals surface area contributed by atoms with E-state index < -0.39 is 29.6 Å². The summed E-state index contributed by atoms with van der Waals surface area (Å²) in [5, 5.41) is 9.25. The Bertz CT molecular complexity index is 1120. The Morgan fingerprint density at radius 3 is 2.56 bits per heavy atom. The summed E-state index contributed by atoms with van der Waals surface area (Å²) in [5.74, 6) is -1.84. The van der Waals surface area contributed by atoms with Gasteiger partial charge in [-0.2, -0.15) is 0 Å². The molecule has 1 aromatic carbocycles. The number of hydrogen-bond acceptors (Lipinski definition) is 5. The lowest BCUT2D eigenvalue weighted by Crippen LogP contribution is -2.56. The van der Waals surface area contributed by atoms with Crippen molar-refractivity contribution in [2.75, 3.05) is 26.2 Å². The minimum Gasteiger partial charge on any atom is -0.396 e. The number of carbonyl (C=O) groups excluding carboxylic acids is 3. The second kappa shape index (κ2) is 11.6. The first kappa shape index (κ1) is 27.6. The highest BCUT2D eigenvalue weighted by Crippen LogP contribution is 2.53. The number of nitrogens with zero attached hydrogens (tertiary/aromatic N) is 3. The molecule has 4 heterocycles. The summed E-state index contributed by atoms with van der Waals surface area (Å²) < 4.78 is 6.73. The second-order valence-electron chi connectivity index (χ2n) is 11.3. The third-order valence-corrected chi connectivity index (χ3v) is 8.79. The number of aliphatic hydroxyl groups is 1. The highest BCUT2D eigenvalue weighted by Gasteiger charge is 2.71. The van der Waals surface area contributed by atoms with Crippen LogP contribution < -0.4 is 0 Å². The van der Waals surface area contributed by atoms with Crippen molar-refractivity contribution in [1.29, 1.82) is 0 Å². The molecule has 0 bridgehead atoms. The molecule has 0 radical (unpaired) electrons. The van der Waals surface area contributed by atoms with Crippen LogP contribution in [0.2, 0.25) is 0 Å². The van der Waals surface area contributed by atoms with Gasteiger partial charge in [-0.15, -0.1) is 0 Å². The summed E-state index contributed by atoms with van der Waals surface area (Å²) in [6.45, 7) is 6.01. The molecule has 4 aliphatic rings. The van der Waals surface area contributed by atoms with E-state index in [0.29, 0.717) is 39.0 Å². The lowest BCUT2D eigenvalue weighted by molar-refractivity contribution is -0.149. The summed E-state index contributed by atoms with van der Waals surface area (Å²) >= 11 is 0. The number of unbranched alkanes of at least 4 members (excludes halogenated alkanes) is 2. The van der Waals surface area contributed by atoms with Crippen LogP contribution in [0, 0.1) is 11.8 Å². The molecule has 1 spiro atoms.